The van der Waals surface area contributed by atoms with E-state index in [0.717, 1.165) is 38.6 Å². The Morgan fingerprint density at radius 1 is 1.22 bits per heavy atom. The van der Waals surface area contributed by atoms with Crippen molar-refractivity contribution in [3.63, 3.8) is 0 Å². The normalized spacial score (nSPS) is 12.7. The van der Waals surface area contributed by atoms with Crippen LogP contribution in [0.3, 0.4) is 0 Å². The fourth-order valence-electron chi connectivity index (χ4n) is 2.08. The van der Waals surface area contributed by atoms with Gasteiger partial charge in [0.1, 0.15) is 0 Å². The molecule has 0 heterocycles. The van der Waals surface area contributed by atoms with Crippen LogP contribution in [0.15, 0.2) is 0 Å². The van der Waals surface area contributed by atoms with Crippen LogP contribution < -0.4 is 11.1 Å². The van der Waals surface area contributed by atoms with Crippen molar-refractivity contribution in [1.82, 2.24) is 5.32 Å². The van der Waals surface area contributed by atoms with Gasteiger partial charge in [-0.05, 0) is 37.6 Å². The largest absolute Gasteiger partial charge is 0.396 e. The Hall–Kier alpha value is -0.610. The Bertz CT molecular complexity index is 208. The minimum absolute atomic E-state index is 0.119. The van der Waals surface area contributed by atoms with Gasteiger partial charge in [-0.2, -0.15) is 0 Å². The Morgan fingerprint density at radius 2 is 1.89 bits per heavy atom. The number of nitrogens with one attached hydrogen (secondary N) is 1. The number of carbonyl (C=O) groups excluding carboxylic acids is 1. The molecule has 0 aromatic rings. The van der Waals surface area contributed by atoms with Gasteiger partial charge in [-0.3, -0.25) is 4.79 Å². The minimum Gasteiger partial charge on any atom is -0.396 e. The van der Waals surface area contributed by atoms with Crippen LogP contribution >= 0.6 is 0 Å². The number of rotatable bonds is 11. The van der Waals surface area contributed by atoms with Crippen LogP contribution in [0.2, 0.25) is 0 Å². The number of nitrogens with two attached hydrogens (primary N) is 1. The first kappa shape index (κ1) is 17.4. The summed E-state index contributed by atoms with van der Waals surface area (Å²) in [7, 11) is 0. The first-order valence-corrected chi connectivity index (χ1v) is 7.17. The van der Waals surface area contributed by atoms with E-state index in [0.29, 0.717) is 24.8 Å². The molecule has 0 aromatic carbocycles. The zero-order chi connectivity index (χ0) is 13.8. The predicted molar refractivity (Wildman–Crippen MR) is 75.2 cm³/mol. The summed E-state index contributed by atoms with van der Waals surface area (Å²) >= 11 is 0. The highest BCUT2D eigenvalue weighted by Gasteiger charge is 2.13. The first-order chi connectivity index (χ1) is 8.60. The highest BCUT2D eigenvalue weighted by Crippen LogP contribution is 2.13. The number of hydrogen-bond acceptors (Lipinski definition) is 3. The summed E-state index contributed by atoms with van der Waals surface area (Å²) in [6.45, 7) is 5.90. The van der Waals surface area contributed by atoms with Crippen molar-refractivity contribution < 1.29 is 9.90 Å². The molecule has 0 radical (unpaired) electrons. The Morgan fingerprint density at radius 3 is 2.44 bits per heavy atom. The van der Waals surface area contributed by atoms with Gasteiger partial charge in [0.25, 0.3) is 0 Å². The molecule has 0 aliphatic carbocycles. The standard InChI is InChI=1S/C14H30N2O2/c1-12(2)9-13(11-15)10-14(18)16-7-5-3-4-6-8-17/h12-13,17H,3-11,15H2,1-2H3,(H,16,18). The van der Waals surface area contributed by atoms with Gasteiger partial charge in [-0.15, -0.1) is 0 Å². The zero-order valence-electron chi connectivity index (χ0n) is 12.0. The van der Waals surface area contributed by atoms with Crippen molar-refractivity contribution in [3.05, 3.63) is 0 Å². The molecule has 0 fully saturated rings. The number of aliphatic hydroxyl groups is 1. The van der Waals surface area contributed by atoms with Crippen molar-refractivity contribution >= 4 is 5.91 Å². The second-order valence-electron chi connectivity index (χ2n) is 5.42. The topological polar surface area (TPSA) is 75.4 Å². The van der Waals surface area contributed by atoms with Crippen LogP contribution in [0.4, 0.5) is 0 Å². The number of aliphatic hydroxyl groups excluding tert-OH is 1. The smallest absolute Gasteiger partial charge is 0.220 e. The van der Waals surface area contributed by atoms with Crippen LogP contribution in [0.25, 0.3) is 0 Å². The highest BCUT2D eigenvalue weighted by atomic mass is 16.2. The molecule has 1 amide bonds. The van der Waals surface area contributed by atoms with Crippen molar-refractivity contribution in [2.24, 2.45) is 17.6 Å². The summed E-state index contributed by atoms with van der Waals surface area (Å²) in [4.78, 5) is 11.7. The number of amides is 1. The molecule has 4 nitrogen and oxygen atoms in total. The predicted octanol–water partition coefficient (Wildman–Crippen LogP) is 1.67. The Balaban J connectivity index is 3.56. The molecule has 4 N–H and O–H groups in total. The average molecular weight is 258 g/mol. The molecule has 0 rings (SSSR count). The van der Waals surface area contributed by atoms with Crippen LogP contribution in [-0.2, 0) is 4.79 Å². The maximum Gasteiger partial charge on any atom is 0.220 e. The molecule has 0 saturated heterocycles. The maximum absolute atomic E-state index is 11.7. The molecule has 0 spiro atoms. The van der Waals surface area contributed by atoms with Crippen molar-refractivity contribution in [3.8, 4) is 0 Å². The second-order valence-corrected chi connectivity index (χ2v) is 5.42. The third-order valence-electron chi connectivity index (χ3n) is 3.02. The lowest BCUT2D eigenvalue weighted by atomic mass is 9.94. The van der Waals surface area contributed by atoms with Gasteiger partial charge in [-0.25, -0.2) is 0 Å². The lowest BCUT2D eigenvalue weighted by Gasteiger charge is -2.16. The second kappa shape index (κ2) is 11.5. The molecule has 0 aliphatic heterocycles. The molecular formula is C14H30N2O2. The van der Waals surface area contributed by atoms with Crippen molar-refractivity contribution in [2.75, 3.05) is 19.7 Å². The van der Waals surface area contributed by atoms with Gasteiger partial charge >= 0.3 is 0 Å². The van der Waals surface area contributed by atoms with E-state index >= 15 is 0 Å². The van der Waals surface area contributed by atoms with Gasteiger partial charge in [-0.1, -0.05) is 26.7 Å². The summed E-state index contributed by atoms with van der Waals surface area (Å²) in [5.41, 5.74) is 5.68. The van der Waals surface area contributed by atoms with E-state index in [9.17, 15) is 4.79 Å². The Labute approximate surface area is 111 Å². The van der Waals surface area contributed by atoms with Gasteiger partial charge < -0.3 is 16.2 Å². The van der Waals surface area contributed by atoms with E-state index in [2.05, 4.69) is 19.2 Å². The summed E-state index contributed by atoms with van der Waals surface area (Å²) in [6.07, 6.45) is 5.50. The summed E-state index contributed by atoms with van der Waals surface area (Å²) in [6, 6.07) is 0. The van der Waals surface area contributed by atoms with E-state index in [1.165, 1.54) is 0 Å². The van der Waals surface area contributed by atoms with E-state index in [-0.39, 0.29) is 12.5 Å². The zero-order valence-corrected chi connectivity index (χ0v) is 12.0. The number of carbonyl (C=O) groups is 1. The van der Waals surface area contributed by atoms with Gasteiger partial charge in [0, 0.05) is 19.6 Å². The molecule has 0 aliphatic rings. The van der Waals surface area contributed by atoms with Crippen molar-refractivity contribution in [2.45, 2.75) is 52.4 Å². The molecule has 4 heteroatoms. The van der Waals surface area contributed by atoms with Crippen LogP contribution in [-0.4, -0.2) is 30.7 Å². The lowest BCUT2D eigenvalue weighted by molar-refractivity contribution is -0.122. The molecule has 18 heavy (non-hydrogen) atoms. The van der Waals surface area contributed by atoms with E-state index in [1.54, 1.807) is 0 Å². The molecule has 0 aromatic heterocycles. The summed E-state index contributed by atoms with van der Waals surface area (Å²) in [5.74, 6) is 1.01. The molecule has 108 valence electrons. The van der Waals surface area contributed by atoms with Crippen LogP contribution in [0.5, 0.6) is 0 Å². The minimum atomic E-state index is 0.119. The number of unbranched alkanes of at least 4 members (excludes halogenated alkanes) is 3. The quantitative estimate of drug-likeness (QED) is 0.493. The summed E-state index contributed by atoms with van der Waals surface area (Å²) in [5, 5.41) is 11.6. The number of hydrogen-bond donors (Lipinski definition) is 3. The first-order valence-electron chi connectivity index (χ1n) is 7.17. The van der Waals surface area contributed by atoms with Gasteiger partial charge in [0.05, 0.1) is 0 Å². The molecule has 1 unspecified atom stereocenters. The fourth-order valence-corrected chi connectivity index (χ4v) is 2.08. The summed E-state index contributed by atoms with van der Waals surface area (Å²) < 4.78 is 0. The molecule has 0 saturated carbocycles. The van der Waals surface area contributed by atoms with Crippen molar-refractivity contribution in [1.29, 1.82) is 0 Å². The third kappa shape index (κ3) is 10.5. The van der Waals surface area contributed by atoms with E-state index in [4.69, 9.17) is 10.8 Å². The van der Waals surface area contributed by atoms with Gasteiger partial charge in [0.2, 0.25) is 5.91 Å². The SMILES string of the molecule is CC(C)CC(CN)CC(=O)NCCCCCCO. The molecule has 1 atom stereocenters. The van der Waals surface area contributed by atoms with E-state index < -0.39 is 0 Å². The Kier molecular flexibility index (Phi) is 11.1. The fraction of sp³-hybridized carbons (Fsp3) is 0.929. The average Bonchev–Trinajstić information content (AvgIpc) is 2.32. The molecule has 0 bridgehead atoms. The lowest BCUT2D eigenvalue weighted by Crippen LogP contribution is -2.29. The van der Waals surface area contributed by atoms with Gasteiger partial charge in [0.15, 0.2) is 0 Å². The molecular weight excluding hydrogens is 228 g/mol. The monoisotopic (exact) mass is 258 g/mol. The highest BCUT2D eigenvalue weighted by molar-refractivity contribution is 5.76. The maximum atomic E-state index is 11.7. The third-order valence-corrected chi connectivity index (χ3v) is 3.02. The van der Waals surface area contributed by atoms with Crippen LogP contribution in [0, 0.1) is 11.8 Å². The van der Waals surface area contributed by atoms with Crippen LogP contribution in [0.1, 0.15) is 52.4 Å². The van der Waals surface area contributed by atoms with E-state index in [1.807, 2.05) is 0 Å².